The molecule has 2 aliphatic heterocycles. The molecular weight excluding hydrogens is 384 g/mol. The maximum atomic E-state index is 6.06. The molecule has 2 fully saturated rings. The maximum Gasteiger partial charge on any atom is 0.178 e. The van der Waals surface area contributed by atoms with E-state index in [-0.39, 0.29) is 0 Å². The first-order chi connectivity index (χ1) is 14.3. The van der Waals surface area contributed by atoms with Crippen LogP contribution >= 0.6 is 11.6 Å². The topological polar surface area (TPSA) is 58.0 Å². The van der Waals surface area contributed by atoms with Gasteiger partial charge in [-0.15, -0.1) is 10.2 Å². The average molecular weight is 409 g/mol. The van der Waals surface area contributed by atoms with Crippen molar-refractivity contribution in [3.63, 3.8) is 0 Å². The molecule has 2 saturated heterocycles. The van der Waals surface area contributed by atoms with Gasteiger partial charge >= 0.3 is 0 Å². The summed E-state index contributed by atoms with van der Waals surface area (Å²) in [6.07, 6.45) is 9.25. The van der Waals surface area contributed by atoms with Crippen molar-refractivity contribution in [2.75, 3.05) is 36.0 Å². The van der Waals surface area contributed by atoms with Gasteiger partial charge in [0.1, 0.15) is 5.52 Å². The molecule has 2 aromatic heterocycles. The zero-order valence-electron chi connectivity index (χ0n) is 16.5. The number of nitrogens with zero attached hydrogens (tertiary/aromatic N) is 6. The molecule has 2 aliphatic rings. The molecule has 0 amide bonds. The van der Waals surface area contributed by atoms with E-state index in [4.69, 9.17) is 16.6 Å². The summed E-state index contributed by atoms with van der Waals surface area (Å²) >= 11 is 6.06. The van der Waals surface area contributed by atoms with Crippen molar-refractivity contribution >= 4 is 34.1 Å². The summed E-state index contributed by atoms with van der Waals surface area (Å²) in [6.45, 7) is 4.05. The van der Waals surface area contributed by atoms with E-state index < -0.39 is 0 Å². The summed E-state index contributed by atoms with van der Waals surface area (Å²) in [6, 6.07) is 7.67. The Morgan fingerprint density at radius 3 is 1.97 bits per heavy atom. The highest BCUT2D eigenvalue weighted by Gasteiger charge is 2.23. The highest BCUT2D eigenvalue weighted by molar-refractivity contribution is 6.30. The molecule has 0 spiro atoms. The van der Waals surface area contributed by atoms with Gasteiger partial charge in [-0.2, -0.15) is 0 Å². The van der Waals surface area contributed by atoms with Crippen molar-refractivity contribution in [2.24, 2.45) is 0 Å². The Hall–Kier alpha value is -2.47. The Labute approximate surface area is 175 Å². The zero-order chi connectivity index (χ0) is 19.6. The number of hydrogen-bond acceptors (Lipinski definition) is 6. The quantitative estimate of drug-likeness (QED) is 0.624. The van der Waals surface area contributed by atoms with E-state index in [0.717, 1.165) is 54.3 Å². The lowest BCUT2D eigenvalue weighted by Gasteiger charge is -2.31. The number of anilines is 2. The van der Waals surface area contributed by atoms with Gasteiger partial charge < -0.3 is 9.80 Å². The van der Waals surface area contributed by atoms with Crippen LogP contribution in [0.1, 0.15) is 38.5 Å². The van der Waals surface area contributed by atoms with E-state index >= 15 is 0 Å². The first-order valence-electron chi connectivity index (χ1n) is 10.6. The summed E-state index contributed by atoms with van der Waals surface area (Å²) in [5, 5.41) is 11.0. The first kappa shape index (κ1) is 18.6. The third kappa shape index (κ3) is 3.73. The summed E-state index contributed by atoms with van der Waals surface area (Å²) in [5.74, 6) is 2.51. The number of aromatic nitrogens is 4. The van der Waals surface area contributed by atoms with Crippen LogP contribution in [0.4, 0.5) is 11.6 Å². The average Bonchev–Trinajstić information content (AvgIpc) is 2.79. The van der Waals surface area contributed by atoms with Crippen LogP contribution in [-0.2, 0) is 0 Å². The van der Waals surface area contributed by atoms with Gasteiger partial charge in [-0.3, -0.25) is 0 Å². The molecule has 0 radical (unpaired) electrons. The Morgan fingerprint density at radius 1 is 0.724 bits per heavy atom. The normalized spacial score (nSPS) is 17.7. The van der Waals surface area contributed by atoms with Crippen LogP contribution in [0, 0.1) is 0 Å². The van der Waals surface area contributed by atoms with Gasteiger partial charge in [-0.25, -0.2) is 9.97 Å². The lowest BCUT2D eigenvalue weighted by Crippen LogP contribution is -2.33. The molecule has 3 aromatic rings. The third-order valence-corrected chi connectivity index (χ3v) is 6.15. The Balaban J connectivity index is 1.64. The van der Waals surface area contributed by atoms with Gasteiger partial charge in [0.25, 0.3) is 0 Å². The van der Waals surface area contributed by atoms with Crippen molar-refractivity contribution in [1.82, 2.24) is 20.2 Å². The van der Waals surface area contributed by atoms with Crippen LogP contribution in [-0.4, -0.2) is 46.3 Å². The Bertz CT molecular complexity index is 994. The fraction of sp³-hybridized carbons (Fsp3) is 0.455. The van der Waals surface area contributed by atoms with Gasteiger partial charge in [0.15, 0.2) is 17.5 Å². The number of fused-ring (bicyclic) bond motifs is 1. The van der Waals surface area contributed by atoms with Crippen LogP contribution in [0.25, 0.3) is 22.3 Å². The molecule has 7 heteroatoms. The lowest BCUT2D eigenvalue weighted by atomic mass is 10.1. The van der Waals surface area contributed by atoms with E-state index in [2.05, 4.69) is 25.0 Å². The highest BCUT2D eigenvalue weighted by Crippen LogP contribution is 2.32. The third-order valence-electron chi connectivity index (χ3n) is 5.89. The van der Waals surface area contributed by atoms with E-state index in [1.54, 1.807) is 0 Å². The van der Waals surface area contributed by atoms with E-state index in [1.165, 1.54) is 38.5 Å². The second kappa shape index (κ2) is 8.11. The second-order valence-electron chi connectivity index (χ2n) is 7.91. The number of piperidine rings is 2. The summed E-state index contributed by atoms with van der Waals surface area (Å²) in [4.78, 5) is 14.3. The molecule has 29 heavy (non-hydrogen) atoms. The first-order valence-corrected chi connectivity index (χ1v) is 11.0. The van der Waals surface area contributed by atoms with Gasteiger partial charge in [0, 0.05) is 43.0 Å². The van der Waals surface area contributed by atoms with Crippen molar-refractivity contribution < 1.29 is 0 Å². The fourth-order valence-electron chi connectivity index (χ4n) is 4.31. The van der Waals surface area contributed by atoms with Gasteiger partial charge in [-0.05, 0) is 62.8 Å². The van der Waals surface area contributed by atoms with Crippen molar-refractivity contribution in [1.29, 1.82) is 0 Å². The zero-order valence-corrected chi connectivity index (χ0v) is 17.3. The molecule has 4 heterocycles. The van der Waals surface area contributed by atoms with Crippen LogP contribution in [0.2, 0.25) is 5.02 Å². The summed E-state index contributed by atoms with van der Waals surface area (Å²) in [5.41, 5.74) is 1.86. The maximum absolute atomic E-state index is 6.06. The molecule has 0 unspecified atom stereocenters. The Morgan fingerprint density at radius 2 is 1.31 bits per heavy atom. The lowest BCUT2D eigenvalue weighted by molar-refractivity contribution is 0.566. The standard InChI is InChI=1S/C22H25ClN6/c23-17-9-7-16(8-10-17)20-24-15-18-19(25-20)22(29-13-5-2-6-14-29)27-26-21(18)28-11-3-1-4-12-28/h7-10,15H,1-6,11-14H2. The van der Waals surface area contributed by atoms with Crippen LogP contribution < -0.4 is 9.80 Å². The summed E-state index contributed by atoms with van der Waals surface area (Å²) in [7, 11) is 0. The fourth-order valence-corrected chi connectivity index (χ4v) is 4.43. The number of rotatable bonds is 3. The molecular formula is C22H25ClN6. The minimum atomic E-state index is 0.699. The molecule has 1 aromatic carbocycles. The molecule has 5 rings (SSSR count). The molecule has 0 atom stereocenters. The highest BCUT2D eigenvalue weighted by atomic mass is 35.5. The number of hydrogen-bond donors (Lipinski definition) is 0. The van der Waals surface area contributed by atoms with Crippen LogP contribution in [0.5, 0.6) is 0 Å². The molecule has 0 aliphatic carbocycles. The predicted octanol–water partition coefficient (Wildman–Crippen LogP) is 4.72. The van der Waals surface area contributed by atoms with Crippen LogP contribution in [0.3, 0.4) is 0 Å². The van der Waals surface area contributed by atoms with Crippen molar-refractivity contribution in [3.8, 4) is 11.4 Å². The van der Waals surface area contributed by atoms with Gasteiger partial charge in [0.05, 0.1) is 5.39 Å². The SMILES string of the molecule is Clc1ccc(-c2ncc3c(N4CCCCC4)nnc(N4CCCCC4)c3n2)cc1. The van der Waals surface area contributed by atoms with E-state index in [0.29, 0.717) is 10.8 Å². The molecule has 6 nitrogen and oxygen atoms in total. The monoisotopic (exact) mass is 408 g/mol. The smallest absolute Gasteiger partial charge is 0.178 e. The van der Waals surface area contributed by atoms with Gasteiger partial charge in [-0.1, -0.05) is 11.6 Å². The van der Waals surface area contributed by atoms with E-state index in [1.807, 2.05) is 30.5 Å². The number of benzene rings is 1. The van der Waals surface area contributed by atoms with Crippen molar-refractivity contribution in [2.45, 2.75) is 38.5 Å². The van der Waals surface area contributed by atoms with Gasteiger partial charge in [0.2, 0.25) is 0 Å². The van der Waals surface area contributed by atoms with Crippen LogP contribution in [0.15, 0.2) is 30.5 Å². The molecule has 0 bridgehead atoms. The predicted molar refractivity (Wildman–Crippen MR) is 118 cm³/mol. The molecule has 150 valence electrons. The summed E-state index contributed by atoms with van der Waals surface area (Å²) < 4.78 is 0. The molecule has 0 saturated carbocycles. The Kier molecular flexibility index (Phi) is 5.19. The second-order valence-corrected chi connectivity index (χ2v) is 8.34. The largest absolute Gasteiger partial charge is 0.355 e. The van der Waals surface area contributed by atoms with E-state index in [9.17, 15) is 0 Å². The molecule has 0 N–H and O–H groups in total. The minimum absolute atomic E-state index is 0.699. The minimum Gasteiger partial charge on any atom is -0.355 e. The number of halogens is 1. The van der Waals surface area contributed by atoms with Crippen molar-refractivity contribution in [3.05, 3.63) is 35.5 Å².